The van der Waals surface area contributed by atoms with Crippen molar-refractivity contribution in [3.8, 4) is 16.9 Å². The molecule has 3 nitrogen and oxygen atoms in total. The molecule has 0 N–H and O–H groups in total. The van der Waals surface area contributed by atoms with E-state index in [0.717, 1.165) is 30.6 Å². The third-order valence-corrected chi connectivity index (χ3v) is 9.65. The second kappa shape index (κ2) is 25.1. The smallest absolute Gasteiger partial charge is 0.343 e. The number of aryl methyl sites for hydroxylation is 1. The first-order valence-electron chi connectivity index (χ1n) is 19.7. The summed E-state index contributed by atoms with van der Waals surface area (Å²) in [6.45, 7) is 7.49. The van der Waals surface area contributed by atoms with Crippen LogP contribution in [0.5, 0.6) is 5.75 Å². The molecule has 0 fully saturated rings. The zero-order chi connectivity index (χ0) is 34.1. The molecule has 3 aromatic rings. The van der Waals surface area contributed by atoms with Crippen LogP contribution in [0.25, 0.3) is 11.1 Å². The molecule has 0 aliphatic heterocycles. The molecule has 3 rings (SSSR count). The minimum atomic E-state index is -0.321. The van der Waals surface area contributed by atoms with Gasteiger partial charge in [0.15, 0.2) is 0 Å². The SMILES string of the molecule is CCCCCCCCCCCCCCCCCCOC(C)c1ccc(-c2ccc(OC(=O)c3ccc(CCCCCC)cc3)cc2)cc1. The maximum absolute atomic E-state index is 12.7. The van der Waals surface area contributed by atoms with Gasteiger partial charge in [0.2, 0.25) is 0 Å². The first-order valence-corrected chi connectivity index (χ1v) is 19.7. The summed E-state index contributed by atoms with van der Waals surface area (Å²) in [5.74, 6) is 0.235. The van der Waals surface area contributed by atoms with Gasteiger partial charge in [0.05, 0.1) is 11.7 Å². The van der Waals surface area contributed by atoms with E-state index < -0.39 is 0 Å². The Kier molecular flexibility index (Phi) is 20.7. The van der Waals surface area contributed by atoms with Gasteiger partial charge in [-0.2, -0.15) is 0 Å². The van der Waals surface area contributed by atoms with E-state index in [1.807, 2.05) is 48.5 Å². The average Bonchev–Trinajstić information content (AvgIpc) is 3.12. The molecular formula is C45H66O3. The predicted octanol–water partition coefficient (Wildman–Crippen LogP) is 14.0. The maximum Gasteiger partial charge on any atom is 0.343 e. The number of benzene rings is 3. The van der Waals surface area contributed by atoms with Crippen molar-refractivity contribution in [1.82, 2.24) is 0 Å². The van der Waals surface area contributed by atoms with Crippen LogP contribution in [0.1, 0.15) is 177 Å². The number of unbranched alkanes of at least 4 members (excludes halogenated alkanes) is 18. The molecular weight excluding hydrogens is 588 g/mol. The van der Waals surface area contributed by atoms with Crippen LogP contribution in [-0.2, 0) is 11.2 Å². The predicted molar refractivity (Wildman–Crippen MR) is 205 cm³/mol. The van der Waals surface area contributed by atoms with Crippen molar-refractivity contribution >= 4 is 5.97 Å². The Hall–Kier alpha value is -2.91. The van der Waals surface area contributed by atoms with Gasteiger partial charge in [0.1, 0.15) is 5.75 Å². The summed E-state index contributed by atoms with van der Waals surface area (Å²) in [6.07, 6.45) is 28.3. The molecule has 1 unspecified atom stereocenters. The highest BCUT2D eigenvalue weighted by Crippen LogP contribution is 2.26. The van der Waals surface area contributed by atoms with Crippen molar-refractivity contribution in [3.05, 3.63) is 89.5 Å². The van der Waals surface area contributed by atoms with E-state index in [2.05, 4.69) is 45.0 Å². The number of esters is 1. The van der Waals surface area contributed by atoms with E-state index in [4.69, 9.17) is 9.47 Å². The minimum Gasteiger partial charge on any atom is -0.423 e. The van der Waals surface area contributed by atoms with Crippen LogP contribution in [0.2, 0.25) is 0 Å². The van der Waals surface area contributed by atoms with Crippen LogP contribution < -0.4 is 4.74 Å². The number of carbonyl (C=O) groups excluding carboxylic acids is 1. The third-order valence-electron chi connectivity index (χ3n) is 9.65. The van der Waals surface area contributed by atoms with Crippen molar-refractivity contribution < 1.29 is 14.3 Å². The molecule has 0 radical (unpaired) electrons. The zero-order valence-electron chi connectivity index (χ0n) is 30.8. The van der Waals surface area contributed by atoms with Gasteiger partial charge in [-0.25, -0.2) is 4.79 Å². The molecule has 0 saturated heterocycles. The quantitative estimate of drug-likeness (QED) is 0.0466. The van der Waals surface area contributed by atoms with Gasteiger partial charge >= 0.3 is 5.97 Å². The summed E-state index contributed by atoms with van der Waals surface area (Å²) in [7, 11) is 0. The van der Waals surface area contributed by atoms with Crippen LogP contribution in [-0.4, -0.2) is 12.6 Å². The van der Waals surface area contributed by atoms with E-state index in [9.17, 15) is 4.79 Å². The number of carbonyl (C=O) groups is 1. The summed E-state index contributed by atoms with van der Waals surface area (Å²) in [4.78, 5) is 12.7. The molecule has 0 aromatic heterocycles. The molecule has 48 heavy (non-hydrogen) atoms. The number of ether oxygens (including phenoxy) is 2. The fourth-order valence-electron chi connectivity index (χ4n) is 6.40. The lowest BCUT2D eigenvalue weighted by Gasteiger charge is -2.14. The van der Waals surface area contributed by atoms with Crippen molar-refractivity contribution in [2.45, 2.75) is 162 Å². The van der Waals surface area contributed by atoms with Gasteiger partial charge in [-0.05, 0) is 72.7 Å². The Morgan fingerprint density at radius 3 is 1.46 bits per heavy atom. The Bertz CT molecular complexity index is 1210. The lowest BCUT2D eigenvalue weighted by Crippen LogP contribution is -2.08. The molecule has 264 valence electrons. The van der Waals surface area contributed by atoms with Gasteiger partial charge in [0, 0.05) is 6.61 Å². The normalized spacial score (nSPS) is 11.9. The monoisotopic (exact) mass is 655 g/mol. The zero-order valence-corrected chi connectivity index (χ0v) is 30.8. The van der Waals surface area contributed by atoms with Crippen molar-refractivity contribution in [2.24, 2.45) is 0 Å². The summed E-state index contributed by atoms with van der Waals surface area (Å²) in [5.41, 5.74) is 5.28. The maximum atomic E-state index is 12.7. The topological polar surface area (TPSA) is 35.5 Å². The summed E-state index contributed by atoms with van der Waals surface area (Å²) in [5, 5.41) is 0. The van der Waals surface area contributed by atoms with E-state index in [-0.39, 0.29) is 12.1 Å². The van der Waals surface area contributed by atoms with E-state index in [1.165, 1.54) is 133 Å². The molecule has 0 bridgehead atoms. The highest BCUT2D eigenvalue weighted by molar-refractivity contribution is 5.91. The second-order valence-corrected chi connectivity index (χ2v) is 13.9. The van der Waals surface area contributed by atoms with Crippen LogP contribution in [0, 0.1) is 0 Å². The molecule has 0 amide bonds. The van der Waals surface area contributed by atoms with Crippen LogP contribution in [0.15, 0.2) is 72.8 Å². The Morgan fingerprint density at radius 1 is 0.521 bits per heavy atom. The molecule has 0 aliphatic carbocycles. The molecule has 0 spiro atoms. The molecule has 3 heteroatoms. The highest BCUT2D eigenvalue weighted by Gasteiger charge is 2.10. The molecule has 1 atom stereocenters. The highest BCUT2D eigenvalue weighted by atomic mass is 16.5. The summed E-state index contributed by atoms with van der Waals surface area (Å²) >= 11 is 0. The number of hydrogen-bond acceptors (Lipinski definition) is 3. The first-order chi connectivity index (χ1) is 23.6. The number of rotatable bonds is 27. The van der Waals surface area contributed by atoms with Crippen molar-refractivity contribution in [3.63, 3.8) is 0 Å². The Morgan fingerprint density at radius 2 is 0.958 bits per heavy atom. The van der Waals surface area contributed by atoms with Crippen LogP contribution in [0.4, 0.5) is 0 Å². The molecule has 0 heterocycles. The first kappa shape index (κ1) is 39.5. The van der Waals surface area contributed by atoms with Gasteiger partial charge < -0.3 is 9.47 Å². The van der Waals surface area contributed by atoms with E-state index in [1.54, 1.807) is 0 Å². The standard InChI is InChI=1S/C45H66O3/c1-4-6-8-10-11-12-13-14-15-16-17-18-19-20-21-23-37-47-38(3)40-29-31-41(32-30-40)42-33-35-44(36-34-42)48-45(46)43-27-25-39(26-28-43)24-22-9-7-5-2/h25-36,38H,4-24,37H2,1-3H3. The third kappa shape index (κ3) is 16.5. The van der Waals surface area contributed by atoms with Gasteiger partial charge in [-0.3, -0.25) is 0 Å². The molecule has 0 saturated carbocycles. The Labute approximate surface area is 294 Å². The van der Waals surface area contributed by atoms with E-state index in [0.29, 0.717) is 11.3 Å². The molecule has 3 aromatic carbocycles. The van der Waals surface area contributed by atoms with E-state index >= 15 is 0 Å². The van der Waals surface area contributed by atoms with Gasteiger partial charge in [0.25, 0.3) is 0 Å². The molecule has 0 aliphatic rings. The van der Waals surface area contributed by atoms with Gasteiger partial charge in [-0.15, -0.1) is 0 Å². The van der Waals surface area contributed by atoms with Gasteiger partial charge in [-0.1, -0.05) is 178 Å². The lowest BCUT2D eigenvalue weighted by molar-refractivity contribution is 0.0627. The average molecular weight is 655 g/mol. The van der Waals surface area contributed by atoms with Crippen molar-refractivity contribution in [2.75, 3.05) is 6.61 Å². The fourth-order valence-corrected chi connectivity index (χ4v) is 6.40. The van der Waals surface area contributed by atoms with Crippen LogP contribution >= 0.6 is 0 Å². The second-order valence-electron chi connectivity index (χ2n) is 13.9. The minimum absolute atomic E-state index is 0.0901. The van der Waals surface area contributed by atoms with Crippen LogP contribution in [0.3, 0.4) is 0 Å². The summed E-state index contributed by atoms with van der Waals surface area (Å²) in [6, 6.07) is 24.2. The number of hydrogen-bond donors (Lipinski definition) is 0. The summed E-state index contributed by atoms with van der Waals surface area (Å²) < 4.78 is 11.8. The lowest BCUT2D eigenvalue weighted by atomic mass is 10.0. The fraction of sp³-hybridized carbons (Fsp3) is 0.578. The van der Waals surface area contributed by atoms with Crippen molar-refractivity contribution in [1.29, 1.82) is 0 Å². The Balaban J connectivity index is 1.24. The largest absolute Gasteiger partial charge is 0.423 e.